The fourth-order valence-corrected chi connectivity index (χ4v) is 4.50. The molecule has 0 bridgehead atoms. The highest BCUT2D eigenvalue weighted by atomic mass is 15.0. The van der Waals surface area contributed by atoms with Gasteiger partial charge in [0.15, 0.2) is 0 Å². The standard InChI is InChI=1S/C22H20N2/c1-13-14(2)21-20(16-10-6-8-12-18(16)23(21)3)22-19(13)15-9-5-7-11-17(15)24(22)4/h5-12H,1-4H3. The molecule has 0 radical (unpaired) electrons. The number of hydrogen-bond acceptors (Lipinski definition) is 0. The molecule has 3 aromatic carbocycles. The molecule has 2 aromatic heterocycles. The minimum Gasteiger partial charge on any atom is -0.343 e. The third kappa shape index (κ3) is 1.42. The molecule has 0 aliphatic rings. The molecule has 0 atom stereocenters. The Hall–Kier alpha value is -2.74. The van der Waals surface area contributed by atoms with Crippen molar-refractivity contribution in [3.63, 3.8) is 0 Å². The van der Waals surface area contributed by atoms with E-state index in [1.807, 2.05) is 0 Å². The van der Waals surface area contributed by atoms with Crippen LogP contribution < -0.4 is 0 Å². The minimum absolute atomic E-state index is 1.30. The predicted molar refractivity (Wildman–Crippen MR) is 104 cm³/mol. The summed E-state index contributed by atoms with van der Waals surface area (Å²) in [5.41, 5.74) is 8.08. The van der Waals surface area contributed by atoms with Crippen LogP contribution in [0.2, 0.25) is 0 Å². The van der Waals surface area contributed by atoms with Crippen molar-refractivity contribution in [1.29, 1.82) is 0 Å². The molecule has 0 spiro atoms. The zero-order chi connectivity index (χ0) is 16.6. The zero-order valence-electron chi connectivity index (χ0n) is 14.5. The summed E-state index contributed by atoms with van der Waals surface area (Å²) in [6.07, 6.45) is 0. The van der Waals surface area contributed by atoms with Crippen molar-refractivity contribution < 1.29 is 0 Å². The van der Waals surface area contributed by atoms with Gasteiger partial charge in [-0.15, -0.1) is 0 Å². The van der Waals surface area contributed by atoms with Gasteiger partial charge in [0.2, 0.25) is 0 Å². The van der Waals surface area contributed by atoms with Gasteiger partial charge in [0, 0.05) is 46.7 Å². The maximum atomic E-state index is 2.37. The Morgan fingerprint density at radius 2 is 1.08 bits per heavy atom. The highest BCUT2D eigenvalue weighted by molar-refractivity contribution is 6.26. The number of nitrogens with zero attached hydrogens (tertiary/aromatic N) is 2. The number of rotatable bonds is 0. The first-order chi connectivity index (χ1) is 11.6. The molecule has 0 amide bonds. The molecule has 5 aromatic rings. The Balaban J connectivity index is 2.27. The average molecular weight is 312 g/mol. The van der Waals surface area contributed by atoms with Gasteiger partial charge in [-0.1, -0.05) is 36.4 Å². The molecule has 0 N–H and O–H groups in total. The fraction of sp³-hybridized carbons (Fsp3) is 0.182. The van der Waals surface area contributed by atoms with Gasteiger partial charge < -0.3 is 9.13 Å². The third-order valence-electron chi connectivity index (χ3n) is 5.74. The first kappa shape index (κ1) is 13.7. The van der Waals surface area contributed by atoms with E-state index in [9.17, 15) is 0 Å². The molecule has 0 aliphatic carbocycles. The lowest BCUT2D eigenvalue weighted by molar-refractivity contribution is 1.00. The summed E-state index contributed by atoms with van der Waals surface area (Å²) in [4.78, 5) is 0. The van der Waals surface area contributed by atoms with E-state index in [1.54, 1.807) is 0 Å². The molecule has 2 heteroatoms. The van der Waals surface area contributed by atoms with Crippen LogP contribution in [0.4, 0.5) is 0 Å². The van der Waals surface area contributed by atoms with Gasteiger partial charge in [0.05, 0.1) is 11.0 Å². The summed E-state index contributed by atoms with van der Waals surface area (Å²) in [5, 5.41) is 5.47. The van der Waals surface area contributed by atoms with Crippen LogP contribution in [-0.4, -0.2) is 9.13 Å². The number of aromatic nitrogens is 2. The molecular weight excluding hydrogens is 292 g/mol. The van der Waals surface area contributed by atoms with Crippen molar-refractivity contribution in [1.82, 2.24) is 9.13 Å². The van der Waals surface area contributed by atoms with Crippen LogP contribution >= 0.6 is 0 Å². The Bertz CT molecular complexity index is 1280. The molecule has 24 heavy (non-hydrogen) atoms. The van der Waals surface area contributed by atoms with Crippen LogP contribution in [0.5, 0.6) is 0 Å². The maximum absolute atomic E-state index is 2.37. The Morgan fingerprint density at radius 3 is 1.71 bits per heavy atom. The lowest BCUT2D eigenvalue weighted by Crippen LogP contribution is -1.94. The molecular formula is C22H20N2. The van der Waals surface area contributed by atoms with E-state index in [1.165, 1.54) is 54.7 Å². The summed E-state index contributed by atoms with van der Waals surface area (Å²) in [7, 11) is 4.38. The summed E-state index contributed by atoms with van der Waals surface area (Å²) in [5.74, 6) is 0. The maximum Gasteiger partial charge on any atom is 0.0593 e. The molecule has 5 rings (SSSR count). The van der Waals surface area contributed by atoms with Crippen molar-refractivity contribution in [2.24, 2.45) is 14.1 Å². The van der Waals surface area contributed by atoms with E-state index in [0.29, 0.717) is 0 Å². The minimum atomic E-state index is 1.30. The Morgan fingerprint density at radius 1 is 0.583 bits per heavy atom. The van der Waals surface area contributed by atoms with E-state index < -0.39 is 0 Å². The van der Waals surface area contributed by atoms with Gasteiger partial charge in [-0.25, -0.2) is 0 Å². The van der Waals surface area contributed by atoms with Crippen LogP contribution in [0.1, 0.15) is 11.1 Å². The van der Waals surface area contributed by atoms with Gasteiger partial charge in [-0.3, -0.25) is 0 Å². The van der Waals surface area contributed by atoms with Crippen LogP contribution in [-0.2, 0) is 14.1 Å². The van der Waals surface area contributed by atoms with E-state index >= 15 is 0 Å². The largest absolute Gasteiger partial charge is 0.343 e. The number of para-hydroxylation sites is 2. The van der Waals surface area contributed by atoms with E-state index in [-0.39, 0.29) is 0 Å². The first-order valence-corrected chi connectivity index (χ1v) is 8.44. The fourth-order valence-electron chi connectivity index (χ4n) is 4.50. The van der Waals surface area contributed by atoms with Crippen LogP contribution in [0.3, 0.4) is 0 Å². The Kier molecular flexibility index (Phi) is 2.52. The van der Waals surface area contributed by atoms with Crippen molar-refractivity contribution in [2.45, 2.75) is 13.8 Å². The van der Waals surface area contributed by atoms with Crippen molar-refractivity contribution in [3.8, 4) is 0 Å². The van der Waals surface area contributed by atoms with Crippen molar-refractivity contribution in [3.05, 3.63) is 59.7 Å². The summed E-state index contributed by atoms with van der Waals surface area (Å²) < 4.78 is 4.72. The lowest BCUT2D eigenvalue weighted by Gasteiger charge is -2.09. The second kappa shape index (κ2) is 4.41. The van der Waals surface area contributed by atoms with Gasteiger partial charge >= 0.3 is 0 Å². The average Bonchev–Trinajstić information content (AvgIpc) is 3.06. The van der Waals surface area contributed by atoms with Crippen molar-refractivity contribution in [2.75, 3.05) is 0 Å². The predicted octanol–water partition coefficient (Wildman–Crippen LogP) is 5.59. The second-order valence-electron chi connectivity index (χ2n) is 6.85. The number of benzene rings is 3. The van der Waals surface area contributed by atoms with Gasteiger partial charge in [-0.2, -0.15) is 0 Å². The molecule has 0 fully saturated rings. The number of hydrogen-bond donors (Lipinski definition) is 0. The molecule has 2 nitrogen and oxygen atoms in total. The van der Waals surface area contributed by atoms with E-state index in [0.717, 1.165) is 0 Å². The Labute approximate surface area is 140 Å². The number of fused-ring (bicyclic) bond motifs is 7. The number of aryl methyl sites for hydroxylation is 4. The lowest BCUT2D eigenvalue weighted by atomic mass is 9.98. The molecule has 0 saturated carbocycles. The third-order valence-corrected chi connectivity index (χ3v) is 5.74. The monoisotopic (exact) mass is 312 g/mol. The smallest absolute Gasteiger partial charge is 0.0593 e. The second-order valence-corrected chi connectivity index (χ2v) is 6.85. The molecule has 0 aliphatic heterocycles. The summed E-state index contributed by atoms with van der Waals surface area (Å²) in [6.45, 7) is 4.53. The molecule has 0 saturated heterocycles. The highest BCUT2D eigenvalue weighted by Crippen LogP contribution is 2.42. The summed E-state index contributed by atoms with van der Waals surface area (Å²) in [6, 6.07) is 17.5. The van der Waals surface area contributed by atoms with Gasteiger partial charge in [-0.05, 0) is 37.1 Å². The van der Waals surface area contributed by atoms with Crippen LogP contribution in [0.25, 0.3) is 43.6 Å². The zero-order valence-corrected chi connectivity index (χ0v) is 14.5. The SMILES string of the molecule is Cc1c(C)c2c(c3ccccc3n2C)c2c1c1ccccc1n2C. The topological polar surface area (TPSA) is 9.86 Å². The summed E-state index contributed by atoms with van der Waals surface area (Å²) >= 11 is 0. The molecule has 118 valence electrons. The van der Waals surface area contributed by atoms with Gasteiger partial charge in [0.25, 0.3) is 0 Å². The quantitative estimate of drug-likeness (QED) is 0.352. The molecule has 2 heterocycles. The van der Waals surface area contributed by atoms with Crippen LogP contribution in [0, 0.1) is 13.8 Å². The van der Waals surface area contributed by atoms with E-state index in [2.05, 4.69) is 85.6 Å². The van der Waals surface area contributed by atoms with Crippen LogP contribution in [0.15, 0.2) is 48.5 Å². The first-order valence-electron chi connectivity index (χ1n) is 8.44. The van der Waals surface area contributed by atoms with Gasteiger partial charge in [0.1, 0.15) is 0 Å². The van der Waals surface area contributed by atoms with E-state index in [4.69, 9.17) is 0 Å². The molecule has 0 unspecified atom stereocenters. The highest BCUT2D eigenvalue weighted by Gasteiger charge is 2.20. The normalized spacial score (nSPS) is 12.2. The van der Waals surface area contributed by atoms with Crippen molar-refractivity contribution >= 4 is 43.6 Å².